The Hall–Kier alpha value is -2.49. The van der Waals surface area contributed by atoms with Gasteiger partial charge in [0.1, 0.15) is 17.8 Å². The summed E-state index contributed by atoms with van der Waals surface area (Å²) in [6.07, 6.45) is 2.78. The highest BCUT2D eigenvalue weighted by molar-refractivity contribution is 5.93. The summed E-state index contributed by atoms with van der Waals surface area (Å²) in [6.45, 7) is 2.05. The topological polar surface area (TPSA) is 48.7 Å². The van der Waals surface area contributed by atoms with E-state index < -0.39 is 0 Å². The van der Waals surface area contributed by atoms with Crippen molar-refractivity contribution in [3.63, 3.8) is 0 Å². The molecule has 1 aromatic heterocycles. The number of Topliss-reactive ketones (excluding diaryl/α,β-unsaturated/α-hetero) is 1. The van der Waals surface area contributed by atoms with Crippen molar-refractivity contribution < 1.29 is 18.7 Å². The summed E-state index contributed by atoms with van der Waals surface area (Å²) in [7, 11) is 0. The molecule has 0 aliphatic carbocycles. The Morgan fingerprint density at radius 2 is 2.00 bits per heavy atom. The van der Waals surface area contributed by atoms with Gasteiger partial charge in [-0.15, -0.1) is 0 Å². The molecule has 1 aliphatic heterocycles. The molecule has 0 spiro atoms. The molecule has 0 radical (unpaired) electrons. The summed E-state index contributed by atoms with van der Waals surface area (Å²) < 4.78 is 16.5. The number of rotatable bonds is 6. The first-order valence-electron chi connectivity index (χ1n) is 7.39. The molecule has 22 heavy (non-hydrogen) atoms. The van der Waals surface area contributed by atoms with Gasteiger partial charge in [-0.25, -0.2) is 0 Å². The molecule has 0 saturated carbocycles. The standard InChI is InChI=1S/C18H18O4/c1-2-15(19)17-9-8-16(22-17)14(18-11-20-12-21-18)10-13-6-4-3-5-7-13/h3-9,11,14H,2,10,12H2,1H3. The van der Waals surface area contributed by atoms with E-state index in [2.05, 4.69) is 12.1 Å². The zero-order valence-corrected chi connectivity index (χ0v) is 12.5. The Bertz CT molecular complexity index is 669. The van der Waals surface area contributed by atoms with Crippen LogP contribution >= 0.6 is 0 Å². The first-order chi connectivity index (χ1) is 10.8. The lowest BCUT2D eigenvalue weighted by Gasteiger charge is -2.14. The highest BCUT2D eigenvalue weighted by Crippen LogP contribution is 2.32. The van der Waals surface area contributed by atoms with Gasteiger partial charge in [-0.2, -0.15) is 0 Å². The van der Waals surface area contributed by atoms with Gasteiger partial charge in [0, 0.05) is 6.42 Å². The summed E-state index contributed by atoms with van der Waals surface area (Å²) in [5, 5.41) is 0. The number of hydrogen-bond acceptors (Lipinski definition) is 4. The van der Waals surface area contributed by atoms with E-state index >= 15 is 0 Å². The molecule has 0 bridgehead atoms. The third-order valence-corrected chi connectivity index (χ3v) is 3.69. The molecule has 2 heterocycles. The van der Waals surface area contributed by atoms with E-state index in [-0.39, 0.29) is 18.5 Å². The number of ketones is 1. The number of furan rings is 1. The van der Waals surface area contributed by atoms with E-state index in [9.17, 15) is 4.79 Å². The van der Waals surface area contributed by atoms with E-state index in [1.165, 1.54) is 5.56 Å². The van der Waals surface area contributed by atoms with Crippen molar-refractivity contribution in [1.82, 2.24) is 0 Å². The molecular weight excluding hydrogens is 280 g/mol. The minimum absolute atomic E-state index is 0.00211. The third kappa shape index (κ3) is 3.06. The maximum absolute atomic E-state index is 11.8. The molecule has 4 nitrogen and oxygen atoms in total. The molecule has 1 aromatic carbocycles. The van der Waals surface area contributed by atoms with Gasteiger partial charge in [0.25, 0.3) is 0 Å². The second kappa shape index (κ2) is 6.52. The van der Waals surface area contributed by atoms with Gasteiger partial charge >= 0.3 is 0 Å². The van der Waals surface area contributed by atoms with Crippen molar-refractivity contribution in [2.24, 2.45) is 0 Å². The molecule has 0 saturated heterocycles. The SMILES string of the molecule is CCC(=O)c1ccc(C(Cc2ccccc2)C2=COCO2)o1. The van der Waals surface area contributed by atoms with Gasteiger partial charge in [0.15, 0.2) is 11.5 Å². The van der Waals surface area contributed by atoms with Crippen LogP contribution in [0.5, 0.6) is 0 Å². The van der Waals surface area contributed by atoms with Crippen molar-refractivity contribution in [3.05, 3.63) is 71.6 Å². The number of ether oxygens (including phenoxy) is 2. The monoisotopic (exact) mass is 298 g/mol. The highest BCUT2D eigenvalue weighted by Gasteiger charge is 2.26. The number of carbonyl (C=O) groups is 1. The molecule has 2 aromatic rings. The number of allylic oxidation sites excluding steroid dienone is 1. The molecular formula is C18H18O4. The van der Waals surface area contributed by atoms with Crippen LogP contribution in [-0.2, 0) is 15.9 Å². The summed E-state index contributed by atoms with van der Waals surface area (Å²) in [4.78, 5) is 11.8. The quantitative estimate of drug-likeness (QED) is 0.755. The average molecular weight is 298 g/mol. The van der Waals surface area contributed by atoms with Crippen molar-refractivity contribution in [1.29, 1.82) is 0 Å². The van der Waals surface area contributed by atoms with Crippen LogP contribution in [0.4, 0.5) is 0 Å². The minimum atomic E-state index is -0.0942. The Labute approximate surface area is 129 Å². The fourth-order valence-electron chi connectivity index (χ4n) is 2.49. The first kappa shape index (κ1) is 14.4. The van der Waals surface area contributed by atoms with Crippen LogP contribution in [-0.4, -0.2) is 12.6 Å². The predicted octanol–water partition coefficient (Wildman–Crippen LogP) is 4.04. The van der Waals surface area contributed by atoms with Gasteiger partial charge in [0.2, 0.25) is 6.79 Å². The van der Waals surface area contributed by atoms with Crippen LogP contribution in [0.1, 0.15) is 41.1 Å². The van der Waals surface area contributed by atoms with Crippen LogP contribution in [0, 0.1) is 0 Å². The van der Waals surface area contributed by atoms with E-state index in [1.807, 2.05) is 31.2 Å². The number of hydrogen-bond donors (Lipinski definition) is 0. The Morgan fingerprint density at radius 1 is 1.18 bits per heavy atom. The summed E-state index contributed by atoms with van der Waals surface area (Å²) >= 11 is 0. The predicted molar refractivity (Wildman–Crippen MR) is 81.3 cm³/mol. The van der Waals surface area contributed by atoms with Crippen molar-refractivity contribution >= 4 is 5.78 Å². The normalized spacial score (nSPS) is 14.9. The summed E-state index contributed by atoms with van der Waals surface area (Å²) in [5.74, 6) is 1.76. The Morgan fingerprint density at radius 3 is 2.68 bits per heavy atom. The minimum Gasteiger partial charge on any atom is -0.462 e. The highest BCUT2D eigenvalue weighted by atomic mass is 16.7. The van der Waals surface area contributed by atoms with Gasteiger partial charge < -0.3 is 13.9 Å². The molecule has 1 atom stereocenters. The van der Waals surface area contributed by atoms with Gasteiger partial charge in [-0.05, 0) is 24.1 Å². The zero-order chi connectivity index (χ0) is 15.4. The molecule has 0 amide bonds. The molecule has 114 valence electrons. The fraction of sp³-hybridized carbons (Fsp3) is 0.278. The lowest BCUT2D eigenvalue weighted by atomic mass is 9.95. The lowest BCUT2D eigenvalue weighted by Crippen LogP contribution is -2.06. The van der Waals surface area contributed by atoms with E-state index in [4.69, 9.17) is 13.9 Å². The molecule has 0 N–H and O–H groups in total. The summed E-state index contributed by atoms with van der Waals surface area (Å²) in [6, 6.07) is 13.7. The number of benzene rings is 1. The van der Waals surface area contributed by atoms with Crippen LogP contribution in [0.25, 0.3) is 0 Å². The Kier molecular flexibility index (Phi) is 4.28. The maximum atomic E-state index is 11.8. The second-order valence-corrected chi connectivity index (χ2v) is 5.17. The average Bonchev–Trinajstić information content (AvgIpc) is 3.24. The number of carbonyl (C=O) groups excluding carboxylic acids is 1. The fourth-order valence-corrected chi connectivity index (χ4v) is 2.49. The van der Waals surface area contributed by atoms with E-state index in [0.29, 0.717) is 12.2 Å². The van der Waals surface area contributed by atoms with E-state index in [0.717, 1.165) is 17.9 Å². The van der Waals surface area contributed by atoms with Gasteiger partial charge in [-0.3, -0.25) is 4.79 Å². The molecule has 3 rings (SSSR count). The van der Waals surface area contributed by atoms with Crippen molar-refractivity contribution in [2.45, 2.75) is 25.7 Å². The molecule has 0 fully saturated rings. The van der Waals surface area contributed by atoms with Crippen molar-refractivity contribution in [2.75, 3.05) is 6.79 Å². The molecule has 1 unspecified atom stereocenters. The smallest absolute Gasteiger partial charge is 0.229 e. The van der Waals surface area contributed by atoms with Gasteiger partial charge in [0.05, 0.1) is 5.92 Å². The van der Waals surface area contributed by atoms with Gasteiger partial charge in [-0.1, -0.05) is 37.3 Å². The molecule has 4 heteroatoms. The molecule has 1 aliphatic rings. The van der Waals surface area contributed by atoms with Crippen molar-refractivity contribution in [3.8, 4) is 0 Å². The second-order valence-electron chi connectivity index (χ2n) is 5.17. The zero-order valence-electron chi connectivity index (χ0n) is 12.5. The lowest BCUT2D eigenvalue weighted by molar-refractivity contribution is 0.0738. The van der Waals surface area contributed by atoms with Crippen LogP contribution in [0.15, 0.2) is 58.9 Å². The Balaban J connectivity index is 1.88. The largest absolute Gasteiger partial charge is 0.462 e. The van der Waals surface area contributed by atoms with Crippen LogP contribution in [0.3, 0.4) is 0 Å². The van der Waals surface area contributed by atoms with Crippen LogP contribution in [0.2, 0.25) is 0 Å². The first-order valence-corrected chi connectivity index (χ1v) is 7.39. The van der Waals surface area contributed by atoms with Crippen LogP contribution < -0.4 is 0 Å². The third-order valence-electron chi connectivity index (χ3n) is 3.69. The maximum Gasteiger partial charge on any atom is 0.229 e. The van der Waals surface area contributed by atoms with E-state index in [1.54, 1.807) is 12.3 Å². The summed E-state index contributed by atoms with van der Waals surface area (Å²) in [5.41, 5.74) is 1.17.